The van der Waals surface area contributed by atoms with Crippen LogP contribution in [-0.4, -0.2) is 24.1 Å². The average Bonchev–Trinajstić information content (AvgIpc) is 2.43. The average molecular weight is 289 g/mol. The summed E-state index contributed by atoms with van der Waals surface area (Å²) in [6.07, 6.45) is 5.29. The number of hydrogen-bond acceptors (Lipinski definition) is 3. The lowest BCUT2D eigenvalue weighted by atomic mass is 9.85. The van der Waals surface area contributed by atoms with Crippen molar-refractivity contribution in [3.8, 4) is 0 Å². The second-order valence-corrected chi connectivity index (χ2v) is 7.24. The Morgan fingerprint density at radius 3 is 2.81 bits per heavy atom. The molecule has 1 fully saturated rings. The van der Waals surface area contributed by atoms with Gasteiger partial charge in [0, 0.05) is 42.8 Å². The molecular weight excluding hydrogens is 258 g/mol. The van der Waals surface area contributed by atoms with Crippen LogP contribution in [0.4, 0.5) is 5.69 Å². The topological polar surface area (TPSA) is 28.2 Å². The second-order valence-electron chi connectivity index (χ2n) is 7.24. The molecule has 1 N–H and O–H groups in total. The SMILES string of the molecule is CC(C)CNCc1cnccc1N1CC(C)CC(C)C1C. The Morgan fingerprint density at radius 2 is 2.10 bits per heavy atom. The first kappa shape index (κ1) is 16.3. The summed E-state index contributed by atoms with van der Waals surface area (Å²) < 4.78 is 0. The van der Waals surface area contributed by atoms with Crippen LogP contribution in [0, 0.1) is 17.8 Å². The molecule has 0 amide bonds. The summed E-state index contributed by atoms with van der Waals surface area (Å²) in [4.78, 5) is 6.92. The van der Waals surface area contributed by atoms with Crippen molar-refractivity contribution in [2.24, 2.45) is 17.8 Å². The van der Waals surface area contributed by atoms with Crippen molar-refractivity contribution in [1.82, 2.24) is 10.3 Å². The molecule has 0 aromatic carbocycles. The highest BCUT2D eigenvalue weighted by Crippen LogP contribution is 2.32. The fraction of sp³-hybridized carbons (Fsp3) is 0.722. The van der Waals surface area contributed by atoms with Crippen molar-refractivity contribution in [2.45, 2.75) is 53.6 Å². The summed E-state index contributed by atoms with van der Waals surface area (Å²) in [6.45, 7) is 14.7. The van der Waals surface area contributed by atoms with Crippen LogP contribution < -0.4 is 10.2 Å². The summed E-state index contributed by atoms with van der Waals surface area (Å²) >= 11 is 0. The second kappa shape index (κ2) is 7.26. The van der Waals surface area contributed by atoms with Gasteiger partial charge < -0.3 is 10.2 Å². The maximum Gasteiger partial charge on any atom is 0.0445 e. The van der Waals surface area contributed by atoms with Gasteiger partial charge >= 0.3 is 0 Å². The highest BCUT2D eigenvalue weighted by atomic mass is 15.2. The number of pyridine rings is 1. The molecule has 2 heterocycles. The zero-order chi connectivity index (χ0) is 15.4. The molecule has 118 valence electrons. The summed E-state index contributed by atoms with van der Waals surface area (Å²) in [5.74, 6) is 2.19. The van der Waals surface area contributed by atoms with Crippen LogP contribution >= 0.6 is 0 Å². The fourth-order valence-electron chi connectivity index (χ4n) is 3.36. The maximum absolute atomic E-state index is 4.33. The van der Waals surface area contributed by atoms with Crippen LogP contribution in [-0.2, 0) is 6.54 Å². The van der Waals surface area contributed by atoms with E-state index in [0.29, 0.717) is 12.0 Å². The Kier molecular flexibility index (Phi) is 5.63. The smallest absolute Gasteiger partial charge is 0.0445 e. The molecule has 2 rings (SSSR count). The first-order chi connectivity index (χ1) is 9.99. The number of rotatable bonds is 5. The third kappa shape index (κ3) is 4.19. The van der Waals surface area contributed by atoms with Gasteiger partial charge in [-0.3, -0.25) is 4.98 Å². The molecule has 0 bridgehead atoms. The Hall–Kier alpha value is -1.09. The van der Waals surface area contributed by atoms with E-state index in [1.165, 1.54) is 17.7 Å². The predicted molar refractivity (Wildman–Crippen MR) is 90.5 cm³/mol. The molecule has 1 aliphatic rings. The highest BCUT2D eigenvalue weighted by Gasteiger charge is 2.29. The Balaban J connectivity index is 2.14. The standard InChI is InChI=1S/C18H31N3/c1-13(2)9-20-11-17-10-19-7-6-18(17)21-12-14(3)8-15(4)16(21)5/h6-7,10,13-16,20H,8-9,11-12H2,1-5H3. The lowest BCUT2D eigenvalue weighted by Crippen LogP contribution is -2.46. The third-order valence-corrected chi connectivity index (χ3v) is 4.65. The minimum absolute atomic E-state index is 0.604. The van der Waals surface area contributed by atoms with Crippen LogP contribution in [0.5, 0.6) is 0 Å². The van der Waals surface area contributed by atoms with E-state index in [2.05, 4.69) is 55.9 Å². The minimum Gasteiger partial charge on any atom is -0.368 e. The molecule has 1 saturated heterocycles. The van der Waals surface area contributed by atoms with Gasteiger partial charge in [-0.25, -0.2) is 0 Å². The van der Waals surface area contributed by atoms with Gasteiger partial charge in [0.1, 0.15) is 0 Å². The zero-order valence-electron chi connectivity index (χ0n) is 14.3. The van der Waals surface area contributed by atoms with E-state index in [-0.39, 0.29) is 0 Å². The van der Waals surface area contributed by atoms with Gasteiger partial charge in [0.05, 0.1) is 0 Å². The van der Waals surface area contributed by atoms with Crippen LogP contribution in [0.1, 0.15) is 46.6 Å². The van der Waals surface area contributed by atoms with Gasteiger partial charge in [0.15, 0.2) is 0 Å². The zero-order valence-corrected chi connectivity index (χ0v) is 14.3. The molecule has 0 spiro atoms. The van der Waals surface area contributed by atoms with Gasteiger partial charge in [-0.2, -0.15) is 0 Å². The van der Waals surface area contributed by atoms with E-state index in [0.717, 1.165) is 31.5 Å². The first-order valence-electron chi connectivity index (χ1n) is 8.39. The van der Waals surface area contributed by atoms with E-state index < -0.39 is 0 Å². The highest BCUT2D eigenvalue weighted by molar-refractivity contribution is 5.53. The Bertz CT molecular complexity index is 444. The summed E-state index contributed by atoms with van der Waals surface area (Å²) in [6, 6.07) is 2.79. The van der Waals surface area contributed by atoms with Crippen molar-refractivity contribution in [3.63, 3.8) is 0 Å². The van der Waals surface area contributed by atoms with Crippen molar-refractivity contribution < 1.29 is 0 Å². The molecule has 0 aliphatic carbocycles. The number of nitrogens with one attached hydrogen (secondary N) is 1. The van der Waals surface area contributed by atoms with Crippen LogP contribution in [0.2, 0.25) is 0 Å². The van der Waals surface area contributed by atoms with E-state index in [1.54, 1.807) is 0 Å². The molecule has 1 aliphatic heterocycles. The number of nitrogens with zero attached hydrogens (tertiary/aromatic N) is 2. The lowest BCUT2D eigenvalue weighted by Gasteiger charge is -2.43. The van der Waals surface area contributed by atoms with Crippen molar-refractivity contribution >= 4 is 5.69 Å². The molecule has 3 heteroatoms. The number of aromatic nitrogens is 1. The number of hydrogen-bond donors (Lipinski definition) is 1. The molecule has 1 aromatic rings. The monoisotopic (exact) mass is 289 g/mol. The fourth-order valence-corrected chi connectivity index (χ4v) is 3.36. The quantitative estimate of drug-likeness (QED) is 0.896. The predicted octanol–water partition coefficient (Wildman–Crippen LogP) is 3.70. The maximum atomic E-state index is 4.33. The summed E-state index contributed by atoms with van der Waals surface area (Å²) in [5, 5.41) is 3.55. The van der Waals surface area contributed by atoms with Crippen LogP contribution in [0.3, 0.4) is 0 Å². The van der Waals surface area contributed by atoms with E-state index in [9.17, 15) is 0 Å². The molecule has 3 unspecified atom stereocenters. The van der Waals surface area contributed by atoms with E-state index >= 15 is 0 Å². The Morgan fingerprint density at radius 1 is 1.33 bits per heavy atom. The van der Waals surface area contributed by atoms with Crippen LogP contribution in [0.25, 0.3) is 0 Å². The van der Waals surface area contributed by atoms with Gasteiger partial charge in [-0.1, -0.05) is 27.7 Å². The normalized spacial score (nSPS) is 26.4. The third-order valence-electron chi connectivity index (χ3n) is 4.65. The summed E-state index contributed by atoms with van der Waals surface area (Å²) in [7, 11) is 0. The van der Waals surface area contributed by atoms with E-state index in [1.807, 2.05) is 12.4 Å². The minimum atomic E-state index is 0.604. The number of piperidine rings is 1. The Labute approximate surface area is 130 Å². The number of anilines is 1. The molecule has 0 radical (unpaired) electrons. The molecular formula is C18H31N3. The van der Waals surface area contributed by atoms with Gasteiger partial charge in [-0.05, 0) is 43.7 Å². The van der Waals surface area contributed by atoms with Crippen LogP contribution in [0.15, 0.2) is 18.5 Å². The molecule has 1 aromatic heterocycles. The van der Waals surface area contributed by atoms with Gasteiger partial charge in [0.25, 0.3) is 0 Å². The summed E-state index contributed by atoms with van der Waals surface area (Å²) in [5.41, 5.74) is 2.69. The van der Waals surface area contributed by atoms with Crippen molar-refractivity contribution in [1.29, 1.82) is 0 Å². The van der Waals surface area contributed by atoms with E-state index in [4.69, 9.17) is 0 Å². The largest absolute Gasteiger partial charge is 0.368 e. The first-order valence-corrected chi connectivity index (χ1v) is 8.39. The van der Waals surface area contributed by atoms with Gasteiger partial charge in [-0.15, -0.1) is 0 Å². The molecule has 21 heavy (non-hydrogen) atoms. The van der Waals surface area contributed by atoms with Gasteiger partial charge in [0.2, 0.25) is 0 Å². The molecule has 0 saturated carbocycles. The molecule has 3 atom stereocenters. The van der Waals surface area contributed by atoms with Crippen molar-refractivity contribution in [2.75, 3.05) is 18.0 Å². The lowest BCUT2D eigenvalue weighted by molar-refractivity contribution is 0.296. The molecule has 3 nitrogen and oxygen atoms in total. The van der Waals surface area contributed by atoms with Crippen molar-refractivity contribution in [3.05, 3.63) is 24.0 Å².